The maximum atomic E-state index is 12.1. The quantitative estimate of drug-likeness (QED) is 0.781. The van der Waals surface area contributed by atoms with Gasteiger partial charge in [0.05, 0.1) is 0 Å². The summed E-state index contributed by atoms with van der Waals surface area (Å²) >= 11 is 0. The molecule has 0 spiro atoms. The zero-order valence-electron chi connectivity index (χ0n) is 10.1. The van der Waals surface area contributed by atoms with Gasteiger partial charge in [0.15, 0.2) is 0 Å². The number of nitrogens with zero attached hydrogens (tertiary/aromatic N) is 1. The molecule has 0 unspecified atom stereocenters. The minimum atomic E-state index is 0.0418. The topological polar surface area (TPSA) is 37.4 Å². The molecular formula is C14H17NO2. The fourth-order valence-corrected chi connectivity index (χ4v) is 2.02. The Kier molecular flexibility index (Phi) is 3.57. The van der Waals surface area contributed by atoms with Crippen molar-refractivity contribution in [3.63, 3.8) is 0 Å². The van der Waals surface area contributed by atoms with Gasteiger partial charge < -0.3 is 4.90 Å². The standard InChI is InChI=1S/C14H17NO2/c1-2-11-3-5-12(6-4-11)14(17)15-9-7-13(16)8-10-15/h3-6H,2,7-10H2,1H3. The van der Waals surface area contributed by atoms with Gasteiger partial charge in [-0.05, 0) is 24.1 Å². The van der Waals surface area contributed by atoms with Crippen LogP contribution in [0.2, 0.25) is 0 Å². The van der Waals surface area contributed by atoms with E-state index >= 15 is 0 Å². The lowest BCUT2D eigenvalue weighted by atomic mass is 10.1. The lowest BCUT2D eigenvalue weighted by Gasteiger charge is -2.26. The van der Waals surface area contributed by atoms with Crippen molar-refractivity contribution >= 4 is 11.7 Å². The second-order valence-corrected chi connectivity index (χ2v) is 4.38. The number of hydrogen-bond acceptors (Lipinski definition) is 2. The van der Waals surface area contributed by atoms with Crippen LogP contribution in [0.1, 0.15) is 35.7 Å². The van der Waals surface area contributed by atoms with E-state index in [9.17, 15) is 9.59 Å². The Bertz CT molecular complexity index is 412. The summed E-state index contributed by atoms with van der Waals surface area (Å²) in [5, 5.41) is 0. The van der Waals surface area contributed by atoms with Gasteiger partial charge in [-0.1, -0.05) is 19.1 Å². The Labute approximate surface area is 101 Å². The van der Waals surface area contributed by atoms with E-state index in [1.54, 1.807) is 4.90 Å². The normalized spacial score (nSPS) is 16.1. The molecule has 1 aliphatic rings. The highest BCUT2D eigenvalue weighted by atomic mass is 16.2. The molecule has 1 aliphatic heterocycles. The molecule has 0 aromatic heterocycles. The number of hydrogen-bond donors (Lipinski definition) is 0. The second kappa shape index (κ2) is 5.13. The molecule has 0 bridgehead atoms. The number of aryl methyl sites for hydroxylation is 1. The monoisotopic (exact) mass is 231 g/mol. The van der Waals surface area contributed by atoms with Crippen LogP contribution >= 0.6 is 0 Å². The lowest BCUT2D eigenvalue weighted by molar-refractivity contribution is -0.120. The van der Waals surface area contributed by atoms with E-state index < -0.39 is 0 Å². The van der Waals surface area contributed by atoms with E-state index in [0.29, 0.717) is 25.9 Å². The van der Waals surface area contributed by atoms with Gasteiger partial charge in [0.1, 0.15) is 5.78 Å². The molecule has 0 saturated carbocycles. The third-order valence-electron chi connectivity index (χ3n) is 3.22. The Morgan fingerprint density at radius 3 is 2.29 bits per heavy atom. The fraction of sp³-hybridized carbons (Fsp3) is 0.429. The molecule has 1 fully saturated rings. The number of rotatable bonds is 2. The number of carbonyl (C=O) groups is 2. The first kappa shape index (κ1) is 11.8. The smallest absolute Gasteiger partial charge is 0.253 e. The van der Waals surface area contributed by atoms with Crippen molar-refractivity contribution < 1.29 is 9.59 Å². The number of piperidine rings is 1. The predicted molar refractivity (Wildman–Crippen MR) is 66.0 cm³/mol. The van der Waals surface area contributed by atoms with E-state index in [4.69, 9.17) is 0 Å². The first-order valence-electron chi connectivity index (χ1n) is 6.10. The van der Waals surface area contributed by atoms with Gasteiger partial charge in [-0.25, -0.2) is 0 Å². The zero-order chi connectivity index (χ0) is 12.3. The maximum absolute atomic E-state index is 12.1. The van der Waals surface area contributed by atoms with E-state index in [1.165, 1.54) is 5.56 Å². The van der Waals surface area contributed by atoms with Crippen molar-refractivity contribution in [1.29, 1.82) is 0 Å². The minimum absolute atomic E-state index is 0.0418. The largest absolute Gasteiger partial charge is 0.338 e. The van der Waals surface area contributed by atoms with Gasteiger partial charge in [-0.2, -0.15) is 0 Å². The van der Waals surface area contributed by atoms with Crippen LogP contribution in [0.4, 0.5) is 0 Å². The molecule has 1 aromatic rings. The number of Topliss-reactive ketones (excluding diaryl/α,β-unsaturated/α-hetero) is 1. The number of likely N-dealkylation sites (tertiary alicyclic amines) is 1. The predicted octanol–water partition coefficient (Wildman–Crippen LogP) is 2.05. The van der Waals surface area contributed by atoms with Gasteiger partial charge >= 0.3 is 0 Å². The molecule has 1 heterocycles. The highest BCUT2D eigenvalue weighted by molar-refractivity contribution is 5.95. The number of ketones is 1. The van der Waals surface area contributed by atoms with Gasteiger partial charge in [-0.15, -0.1) is 0 Å². The van der Waals surface area contributed by atoms with Crippen LogP contribution < -0.4 is 0 Å². The van der Waals surface area contributed by atoms with Crippen LogP contribution in [0.3, 0.4) is 0 Å². The summed E-state index contributed by atoms with van der Waals surface area (Å²) in [6, 6.07) is 7.72. The Balaban J connectivity index is 2.05. The minimum Gasteiger partial charge on any atom is -0.338 e. The van der Waals surface area contributed by atoms with Gasteiger partial charge in [0, 0.05) is 31.5 Å². The fourth-order valence-electron chi connectivity index (χ4n) is 2.02. The SMILES string of the molecule is CCc1ccc(C(=O)N2CCC(=O)CC2)cc1. The van der Waals surface area contributed by atoms with Crippen molar-refractivity contribution in [3.8, 4) is 0 Å². The lowest BCUT2D eigenvalue weighted by Crippen LogP contribution is -2.38. The molecule has 17 heavy (non-hydrogen) atoms. The first-order chi connectivity index (χ1) is 8.20. The van der Waals surface area contributed by atoms with Gasteiger partial charge in [-0.3, -0.25) is 9.59 Å². The summed E-state index contributed by atoms with van der Waals surface area (Å²) in [6.07, 6.45) is 1.98. The van der Waals surface area contributed by atoms with Crippen LogP contribution in [0.5, 0.6) is 0 Å². The number of carbonyl (C=O) groups excluding carboxylic acids is 2. The van der Waals surface area contributed by atoms with E-state index in [2.05, 4.69) is 6.92 Å². The van der Waals surface area contributed by atoms with Crippen LogP contribution in [0.15, 0.2) is 24.3 Å². The van der Waals surface area contributed by atoms with Crippen LogP contribution in [-0.2, 0) is 11.2 Å². The molecule has 0 aliphatic carbocycles. The van der Waals surface area contributed by atoms with Crippen molar-refractivity contribution in [2.45, 2.75) is 26.2 Å². The number of amides is 1. The van der Waals surface area contributed by atoms with Crippen molar-refractivity contribution in [1.82, 2.24) is 4.90 Å². The molecule has 1 saturated heterocycles. The molecule has 0 N–H and O–H groups in total. The van der Waals surface area contributed by atoms with E-state index in [0.717, 1.165) is 12.0 Å². The Hall–Kier alpha value is -1.64. The molecule has 3 nitrogen and oxygen atoms in total. The van der Waals surface area contributed by atoms with Gasteiger partial charge in [0.25, 0.3) is 5.91 Å². The second-order valence-electron chi connectivity index (χ2n) is 4.38. The first-order valence-corrected chi connectivity index (χ1v) is 6.10. The average molecular weight is 231 g/mol. The highest BCUT2D eigenvalue weighted by Gasteiger charge is 2.21. The Morgan fingerprint density at radius 2 is 1.76 bits per heavy atom. The molecule has 0 radical (unpaired) electrons. The molecule has 0 atom stereocenters. The zero-order valence-corrected chi connectivity index (χ0v) is 10.1. The molecule has 1 aromatic carbocycles. The average Bonchev–Trinajstić information content (AvgIpc) is 2.39. The summed E-state index contributed by atoms with van der Waals surface area (Å²) in [6.45, 7) is 3.22. The van der Waals surface area contributed by atoms with E-state index in [-0.39, 0.29) is 11.7 Å². The van der Waals surface area contributed by atoms with Crippen molar-refractivity contribution in [2.24, 2.45) is 0 Å². The molecular weight excluding hydrogens is 214 g/mol. The Morgan fingerprint density at radius 1 is 1.18 bits per heavy atom. The summed E-state index contributed by atoms with van der Waals surface area (Å²) in [5.41, 5.74) is 1.95. The summed E-state index contributed by atoms with van der Waals surface area (Å²) in [4.78, 5) is 25.0. The van der Waals surface area contributed by atoms with E-state index in [1.807, 2.05) is 24.3 Å². The summed E-state index contributed by atoms with van der Waals surface area (Å²) < 4.78 is 0. The molecule has 90 valence electrons. The van der Waals surface area contributed by atoms with Gasteiger partial charge in [0.2, 0.25) is 0 Å². The molecule has 2 rings (SSSR count). The third kappa shape index (κ3) is 2.73. The highest BCUT2D eigenvalue weighted by Crippen LogP contribution is 2.12. The van der Waals surface area contributed by atoms with Crippen molar-refractivity contribution in [3.05, 3.63) is 35.4 Å². The summed E-state index contributed by atoms with van der Waals surface area (Å²) in [5.74, 6) is 0.301. The maximum Gasteiger partial charge on any atom is 0.253 e. The molecule has 1 amide bonds. The van der Waals surface area contributed by atoms with Crippen LogP contribution in [0, 0.1) is 0 Å². The van der Waals surface area contributed by atoms with Crippen molar-refractivity contribution in [2.75, 3.05) is 13.1 Å². The third-order valence-corrected chi connectivity index (χ3v) is 3.22. The van der Waals surface area contributed by atoms with Crippen LogP contribution in [-0.4, -0.2) is 29.7 Å². The molecule has 3 heteroatoms. The summed E-state index contributed by atoms with van der Waals surface area (Å²) in [7, 11) is 0. The van der Waals surface area contributed by atoms with Crippen LogP contribution in [0.25, 0.3) is 0 Å². The number of benzene rings is 1.